The van der Waals surface area contributed by atoms with Crippen molar-refractivity contribution in [1.82, 2.24) is 23.8 Å². The number of alkyl halides is 3. The number of nitriles is 1. The van der Waals surface area contributed by atoms with E-state index in [0.717, 1.165) is 21.9 Å². The van der Waals surface area contributed by atoms with E-state index in [1.807, 2.05) is 51.1 Å². The van der Waals surface area contributed by atoms with Crippen LogP contribution in [0.2, 0.25) is 0 Å². The molecule has 9 nitrogen and oxygen atoms in total. The Hall–Kier alpha value is -4.79. The van der Waals surface area contributed by atoms with Gasteiger partial charge in [0.1, 0.15) is 11.4 Å². The Kier molecular flexibility index (Phi) is 6.11. The molecule has 1 N–H and O–H groups in total. The lowest BCUT2D eigenvalue weighted by molar-refractivity contribution is -0.137. The Labute approximate surface area is 238 Å². The number of amides is 1. The average Bonchev–Trinajstić information content (AvgIpc) is 3.70. The number of rotatable bonds is 4. The predicted molar refractivity (Wildman–Crippen MR) is 145 cm³/mol. The Morgan fingerprint density at radius 2 is 1.83 bits per heavy atom. The Balaban J connectivity index is 1.39. The van der Waals surface area contributed by atoms with Crippen molar-refractivity contribution in [3.8, 4) is 17.6 Å². The lowest BCUT2D eigenvalue weighted by Gasteiger charge is -2.27. The molecule has 2 bridgehead atoms. The fourth-order valence-corrected chi connectivity index (χ4v) is 5.89. The van der Waals surface area contributed by atoms with Crippen molar-refractivity contribution in [3.63, 3.8) is 0 Å². The standard InChI is InChI=1S/C30H27F3N6O3/c1-29(2,3)24-13-23(37(35-24)15-17-7-5-4-6-8-17)26(40)36-16-20-12-22(36)25-27(41)39(28(42)38(20)25)19-10-9-18(14-34)21(11-19)30(31,32)33/h4-11,13,20,22,41H,12,15-16H2,1-3H3/t20-,22-/m0/s1. The molecule has 4 heterocycles. The van der Waals surface area contributed by atoms with E-state index in [9.17, 15) is 27.9 Å². The number of carbonyl (C=O) groups excluding carboxylic acids is 1. The summed E-state index contributed by atoms with van der Waals surface area (Å²) in [5.74, 6) is -0.846. The molecule has 2 atom stereocenters. The van der Waals surface area contributed by atoms with Gasteiger partial charge in [-0.2, -0.15) is 23.5 Å². The molecule has 0 radical (unpaired) electrons. The highest BCUT2D eigenvalue weighted by Crippen LogP contribution is 2.49. The van der Waals surface area contributed by atoms with E-state index in [1.54, 1.807) is 15.6 Å². The molecule has 2 aromatic heterocycles. The Bertz CT molecular complexity index is 1820. The maximum atomic E-state index is 14.0. The van der Waals surface area contributed by atoms with Crippen LogP contribution in [0, 0.1) is 11.3 Å². The summed E-state index contributed by atoms with van der Waals surface area (Å²) in [4.78, 5) is 29.0. The zero-order valence-electron chi connectivity index (χ0n) is 23.1. The minimum Gasteiger partial charge on any atom is -0.493 e. The van der Waals surface area contributed by atoms with Gasteiger partial charge in [-0.05, 0) is 36.2 Å². The molecule has 0 unspecified atom stereocenters. The summed E-state index contributed by atoms with van der Waals surface area (Å²) in [6.45, 7) is 6.57. The molecule has 4 aromatic rings. The summed E-state index contributed by atoms with van der Waals surface area (Å²) < 4.78 is 44.7. The largest absolute Gasteiger partial charge is 0.493 e. The van der Waals surface area contributed by atoms with Crippen LogP contribution in [0.5, 0.6) is 5.88 Å². The maximum absolute atomic E-state index is 14.0. The van der Waals surface area contributed by atoms with Gasteiger partial charge in [-0.1, -0.05) is 51.1 Å². The molecular weight excluding hydrogens is 549 g/mol. The average molecular weight is 577 g/mol. The molecule has 1 fully saturated rings. The van der Waals surface area contributed by atoms with E-state index in [1.165, 1.54) is 16.7 Å². The molecule has 2 aliphatic rings. The molecule has 42 heavy (non-hydrogen) atoms. The van der Waals surface area contributed by atoms with Crippen LogP contribution in [-0.2, 0) is 18.1 Å². The van der Waals surface area contributed by atoms with E-state index in [2.05, 4.69) is 0 Å². The van der Waals surface area contributed by atoms with Crippen molar-refractivity contribution < 1.29 is 23.1 Å². The lowest BCUT2D eigenvalue weighted by Crippen LogP contribution is -2.38. The molecule has 12 heteroatoms. The van der Waals surface area contributed by atoms with Crippen LogP contribution in [0.4, 0.5) is 13.2 Å². The second kappa shape index (κ2) is 9.37. The van der Waals surface area contributed by atoms with Gasteiger partial charge in [0.05, 0.1) is 47.2 Å². The van der Waals surface area contributed by atoms with Crippen LogP contribution in [0.3, 0.4) is 0 Å². The third kappa shape index (κ3) is 4.27. The molecule has 0 spiro atoms. The van der Waals surface area contributed by atoms with E-state index in [4.69, 9.17) is 10.4 Å². The topological polar surface area (TPSA) is 109 Å². The number of halogens is 3. The molecule has 216 valence electrons. The predicted octanol–water partition coefficient (Wildman–Crippen LogP) is 4.92. The highest BCUT2D eigenvalue weighted by atomic mass is 19.4. The van der Waals surface area contributed by atoms with E-state index in [0.29, 0.717) is 24.7 Å². The number of imidazole rings is 1. The minimum atomic E-state index is -4.83. The van der Waals surface area contributed by atoms with Gasteiger partial charge in [0.15, 0.2) is 0 Å². The molecule has 6 rings (SSSR count). The van der Waals surface area contributed by atoms with Crippen LogP contribution in [0.1, 0.15) is 77.8 Å². The molecular formula is C30H27F3N6O3. The first-order chi connectivity index (χ1) is 19.8. The Morgan fingerprint density at radius 3 is 2.48 bits per heavy atom. The van der Waals surface area contributed by atoms with Crippen molar-refractivity contribution in [1.29, 1.82) is 5.26 Å². The monoisotopic (exact) mass is 576 g/mol. The third-order valence-corrected chi connectivity index (χ3v) is 7.95. The fraction of sp³-hybridized carbons (Fsp3) is 0.333. The number of benzene rings is 2. The van der Waals surface area contributed by atoms with E-state index >= 15 is 0 Å². The molecule has 2 aromatic carbocycles. The number of nitrogens with zero attached hydrogens (tertiary/aromatic N) is 6. The Morgan fingerprint density at radius 1 is 1.12 bits per heavy atom. The quantitative estimate of drug-likeness (QED) is 0.371. The molecule has 0 saturated carbocycles. The van der Waals surface area contributed by atoms with Crippen LogP contribution in [-0.4, -0.2) is 41.4 Å². The summed E-state index contributed by atoms with van der Waals surface area (Å²) >= 11 is 0. The first kappa shape index (κ1) is 27.4. The van der Waals surface area contributed by atoms with Crippen LogP contribution >= 0.6 is 0 Å². The van der Waals surface area contributed by atoms with Crippen LogP contribution < -0.4 is 5.69 Å². The smallest absolute Gasteiger partial charge is 0.417 e. The normalized spacial score (nSPS) is 17.9. The van der Waals surface area contributed by atoms with Gasteiger partial charge in [-0.25, -0.2) is 9.36 Å². The van der Waals surface area contributed by atoms with Crippen molar-refractivity contribution >= 4 is 5.91 Å². The van der Waals surface area contributed by atoms with Crippen molar-refractivity contribution in [2.45, 2.75) is 57.4 Å². The van der Waals surface area contributed by atoms with Gasteiger partial charge in [-0.3, -0.25) is 14.0 Å². The van der Waals surface area contributed by atoms with Crippen molar-refractivity contribution in [3.05, 3.63) is 98.9 Å². The van der Waals surface area contributed by atoms with Gasteiger partial charge >= 0.3 is 11.9 Å². The van der Waals surface area contributed by atoms with E-state index in [-0.39, 0.29) is 29.2 Å². The number of hydrogen-bond acceptors (Lipinski definition) is 5. The van der Waals surface area contributed by atoms with Gasteiger partial charge in [0.25, 0.3) is 5.91 Å². The zero-order valence-corrected chi connectivity index (χ0v) is 23.1. The summed E-state index contributed by atoms with van der Waals surface area (Å²) in [7, 11) is 0. The van der Waals surface area contributed by atoms with Gasteiger partial charge in [0.2, 0.25) is 5.88 Å². The van der Waals surface area contributed by atoms with Gasteiger partial charge < -0.3 is 10.0 Å². The van der Waals surface area contributed by atoms with Crippen molar-refractivity contribution in [2.24, 2.45) is 0 Å². The van der Waals surface area contributed by atoms with Crippen molar-refractivity contribution in [2.75, 3.05) is 6.54 Å². The highest BCUT2D eigenvalue weighted by Gasteiger charge is 2.50. The zero-order chi connectivity index (χ0) is 30.1. The summed E-state index contributed by atoms with van der Waals surface area (Å²) in [5, 5.41) is 25.1. The highest BCUT2D eigenvalue weighted by molar-refractivity contribution is 5.93. The third-order valence-electron chi connectivity index (χ3n) is 7.95. The van der Waals surface area contributed by atoms with Gasteiger partial charge in [-0.15, -0.1) is 0 Å². The van der Waals surface area contributed by atoms with Crippen LogP contribution in [0.15, 0.2) is 59.4 Å². The number of fused-ring (bicyclic) bond motifs is 5. The summed E-state index contributed by atoms with van der Waals surface area (Å²) in [6, 6.07) is 14.6. The number of carbonyl (C=O) groups is 1. The second-order valence-electron chi connectivity index (χ2n) is 11.7. The minimum absolute atomic E-state index is 0.174. The number of hydrogen-bond donors (Lipinski definition) is 1. The number of likely N-dealkylation sites (tertiary alicyclic amines) is 1. The number of aromatic hydroxyl groups is 1. The van der Waals surface area contributed by atoms with Gasteiger partial charge in [0, 0.05) is 12.0 Å². The second-order valence-corrected chi connectivity index (χ2v) is 11.7. The lowest BCUT2D eigenvalue weighted by atomic mass is 9.92. The van der Waals surface area contributed by atoms with E-state index < -0.39 is 41.0 Å². The molecule has 2 aliphatic heterocycles. The molecule has 1 amide bonds. The first-order valence-corrected chi connectivity index (χ1v) is 13.4. The SMILES string of the molecule is CC(C)(C)c1cc(C(=O)N2C[C@@H]3C[C@H]2c2c(O)n(-c4ccc(C#N)c(C(F)(F)F)c4)c(=O)n23)n(Cc2ccccc2)n1. The summed E-state index contributed by atoms with van der Waals surface area (Å²) in [5.41, 5.74) is -0.819. The number of aromatic nitrogens is 4. The summed E-state index contributed by atoms with van der Waals surface area (Å²) in [6.07, 6.45) is -4.44. The first-order valence-electron chi connectivity index (χ1n) is 13.4. The molecule has 0 aliphatic carbocycles. The molecule has 1 saturated heterocycles. The fourth-order valence-electron chi connectivity index (χ4n) is 5.89. The van der Waals surface area contributed by atoms with Crippen LogP contribution in [0.25, 0.3) is 5.69 Å². The maximum Gasteiger partial charge on any atom is 0.417 e.